The molecule has 0 saturated heterocycles. The summed E-state index contributed by atoms with van der Waals surface area (Å²) in [5.41, 5.74) is 0. The van der Waals surface area contributed by atoms with E-state index in [1.54, 1.807) is 25.7 Å². The third kappa shape index (κ3) is 0.736. The standard InChI is InChI=1S/C15H20/c1-2-10-11(3-1)13-7-12(10)14-8-4-5-9(6-8)15(13)14/h1-2,8-15H,3-7H2/t8-,9+,10+,11-,12-,13+,14-,15+/m0/s1. The van der Waals surface area contributed by atoms with Crippen molar-refractivity contribution in [1.29, 1.82) is 0 Å². The largest absolute Gasteiger partial charge is 0.0879 e. The first-order chi connectivity index (χ1) is 7.43. The molecular formula is C15H20. The van der Waals surface area contributed by atoms with Gasteiger partial charge in [0.1, 0.15) is 0 Å². The van der Waals surface area contributed by atoms with Gasteiger partial charge in [-0.15, -0.1) is 0 Å². The molecule has 0 aromatic heterocycles. The third-order valence-electron chi connectivity index (χ3n) is 6.89. The van der Waals surface area contributed by atoms with Crippen LogP contribution in [0, 0.1) is 47.3 Å². The number of fused-ring (bicyclic) bond motifs is 12. The van der Waals surface area contributed by atoms with E-state index >= 15 is 0 Å². The summed E-state index contributed by atoms with van der Waals surface area (Å²) in [6.07, 6.45) is 13.0. The maximum atomic E-state index is 2.59. The zero-order valence-electron chi connectivity index (χ0n) is 9.31. The van der Waals surface area contributed by atoms with Crippen LogP contribution in [0.5, 0.6) is 0 Å². The highest BCUT2D eigenvalue weighted by molar-refractivity contribution is 5.20. The lowest BCUT2D eigenvalue weighted by Crippen LogP contribution is -2.36. The van der Waals surface area contributed by atoms with Gasteiger partial charge in [0.15, 0.2) is 0 Å². The van der Waals surface area contributed by atoms with Gasteiger partial charge in [-0.05, 0) is 79.4 Å². The average molecular weight is 200 g/mol. The number of hydrogen-bond donors (Lipinski definition) is 0. The Bertz CT molecular complexity index is 342. The summed E-state index contributed by atoms with van der Waals surface area (Å²) < 4.78 is 0. The van der Waals surface area contributed by atoms with Gasteiger partial charge in [-0.1, -0.05) is 12.2 Å². The van der Waals surface area contributed by atoms with Gasteiger partial charge < -0.3 is 0 Å². The van der Waals surface area contributed by atoms with E-state index in [2.05, 4.69) is 12.2 Å². The highest BCUT2D eigenvalue weighted by Gasteiger charge is 2.65. The fourth-order valence-corrected chi connectivity index (χ4v) is 6.77. The van der Waals surface area contributed by atoms with Crippen LogP contribution in [0.25, 0.3) is 0 Å². The molecule has 0 unspecified atom stereocenters. The molecule has 4 fully saturated rings. The van der Waals surface area contributed by atoms with Gasteiger partial charge in [-0.2, -0.15) is 0 Å². The van der Waals surface area contributed by atoms with Crippen LogP contribution in [-0.2, 0) is 0 Å². The van der Waals surface area contributed by atoms with E-state index in [0.717, 1.165) is 23.7 Å². The quantitative estimate of drug-likeness (QED) is 0.415. The summed E-state index contributed by atoms with van der Waals surface area (Å²) in [5, 5.41) is 0. The van der Waals surface area contributed by atoms with E-state index in [9.17, 15) is 0 Å². The van der Waals surface area contributed by atoms with Crippen LogP contribution in [0.4, 0.5) is 0 Å². The van der Waals surface area contributed by atoms with Crippen LogP contribution >= 0.6 is 0 Å². The fourth-order valence-electron chi connectivity index (χ4n) is 6.77. The average Bonchev–Trinajstić information content (AvgIpc) is 3.03. The predicted octanol–water partition coefficient (Wildman–Crippen LogP) is 3.49. The minimum Gasteiger partial charge on any atom is -0.0879 e. The molecule has 0 aromatic rings. The van der Waals surface area contributed by atoms with Crippen LogP contribution in [0.2, 0.25) is 0 Å². The summed E-state index contributed by atoms with van der Waals surface area (Å²) in [6.45, 7) is 0. The van der Waals surface area contributed by atoms with Crippen LogP contribution in [0.15, 0.2) is 12.2 Å². The van der Waals surface area contributed by atoms with E-state index in [1.807, 2.05) is 0 Å². The molecule has 4 saturated carbocycles. The Morgan fingerprint density at radius 3 is 2.47 bits per heavy atom. The molecule has 4 bridgehead atoms. The Morgan fingerprint density at radius 1 is 0.800 bits per heavy atom. The van der Waals surface area contributed by atoms with Gasteiger partial charge in [0.2, 0.25) is 0 Å². The lowest BCUT2D eigenvalue weighted by Gasteiger charge is -2.40. The van der Waals surface area contributed by atoms with Gasteiger partial charge in [-0.3, -0.25) is 0 Å². The molecule has 15 heavy (non-hydrogen) atoms. The van der Waals surface area contributed by atoms with Gasteiger partial charge in [-0.25, -0.2) is 0 Å². The molecule has 8 atom stereocenters. The van der Waals surface area contributed by atoms with Crippen molar-refractivity contribution in [2.75, 3.05) is 0 Å². The lowest BCUT2D eigenvalue weighted by molar-refractivity contribution is 0.0823. The van der Waals surface area contributed by atoms with Crippen molar-refractivity contribution in [3.8, 4) is 0 Å². The van der Waals surface area contributed by atoms with E-state index in [1.165, 1.54) is 30.1 Å². The molecule has 0 N–H and O–H groups in total. The summed E-state index contributed by atoms with van der Waals surface area (Å²) in [6, 6.07) is 0. The summed E-state index contributed by atoms with van der Waals surface area (Å²) in [4.78, 5) is 0. The van der Waals surface area contributed by atoms with Crippen molar-refractivity contribution >= 4 is 0 Å². The van der Waals surface area contributed by atoms with E-state index in [0.29, 0.717) is 0 Å². The molecule has 0 amide bonds. The van der Waals surface area contributed by atoms with Crippen molar-refractivity contribution in [2.24, 2.45) is 47.3 Å². The Balaban J connectivity index is 1.61. The first-order valence-corrected chi connectivity index (χ1v) is 7.10. The maximum absolute atomic E-state index is 2.59. The maximum Gasteiger partial charge on any atom is -0.0168 e. The molecule has 0 nitrogen and oxygen atoms in total. The van der Waals surface area contributed by atoms with Gasteiger partial charge >= 0.3 is 0 Å². The minimum atomic E-state index is 1.04. The van der Waals surface area contributed by atoms with Crippen molar-refractivity contribution < 1.29 is 0 Å². The van der Waals surface area contributed by atoms with Gasteiger partial charge in [0, 0.05) is 0 Å². The fraction of sp³-hybridized carbons (Fsp3) is 0.867. The summed E-state index contributed by atoms with van der Waals surface area (Å²) in [5.74, 6) is 9.19. The van der Waals surface area contributed by atoms with Crippen LogP contribution in [-0.4, -0.2) is 0 Å². The van der Waals surface area contributed by atoms with Gasteiger partial charge in [0.25, 0.3) is 0 Å². The second-order valence-electron chi connectivity index (χ2n) is 6.96. The molecular weight excluding hydrogens is 180 g/mol. The van der Waals surface area contributed by atoms with Gasteiger partial charge in [0.05, 0.1) is 0 Å². The SMILES string of the molecule is C1=C[C@@H]2[C@H](C1)[C@H]1C[C@@H]2[C@@H]2[C@H]3CC[C@H](C3)[C@H]12. The Morgan fingerprint density at radius 2 is 1.60 bits per heavy atom. The number of allylic oxidation sites excluding steroid dienone is 2. The molecule has 0 heterocycles. The Labute approximate surface area is 92.1 Å². The zero-order valence-corrected chi connectivity index (χ0v) is 9.31. The first kappa shape index (κ1) is 7.92. The molecule has 0 radical (unpaired) electrons. The first-order valence-electron chi connectivity index (χ1n) is 7.10. The second-order valence-corrected chi connectivity index (χ2v) is 6.96. The molecule has 0 aliphatic heterocycles. The lowest BCUT2D eigenvalue weighted by atomic mass is 9.64. The highest BCUT2D eigenvalue weighted by Crippen LogP contribution is 2.71. The Hall–Kier alpha value is -0.260. The van der Waals surface area contributed by atoms with Crippen LogP contribution in [0.1, 0.15) is 32.1 Å². The van der Waals surface area contributed by atoms with Crippen molar-refractivity contribution in [1.82, 2.24) is 0 Å². The summed E-state index contributed by atoms with van der Waals surface area (Å²) >= 11 is 0. The predicted molar refractivity (Wildman–Crippen MR) is 60.1 cm³/mol. The minimum absolute atomic E-state index is 1.04. The number of hydrogen-bond acceptors (Lipinski definition) is 0. The van der Waals surface area contributed by atoms with Crippen LogP contribution < -0.4 is 0 Å². The summed E-state index contributed by atoms with van der Waals surface area (Å²) in [7, 11) is 0. The molecule has 5 aliphatic rings. The molecule has 0 heteroatoms. The number of rotatable bonds is 0. The normalized spacial score (nSPS) is 67.7. The van der Waals surface area contributed by atoms with Crippen molar-refractivity contribution in [2.45, 2.75) is 32.1 Å². The van der Waals surface area contributed by atoms with E-state index in [4.69, 9.17) is 0 Å². The van der Waals surface area contributed by atoms with E-state index in [-0.39, 0.29) is 0 Å². The Kier molecular flexibility index (Phi) is 1.25. The molecule has 80 valence electrons. The monoisotopic (exact) mass is 200 g/mol. The smallest absolute Gasteiger partial charge is 0.0168 e. The van der Waals surface area contributed by atoms with E-state index < -0.39 is 0 Å². The third-order valence-corrected chi connectivity index (χ3v) is 6.89. The second kappa shape index (κ2) is 2.36. The molecule has 0 aromatic carbocycles. The zero-order chi connectivity index (χ0) is 9.57. The highest BCUT2D eigenvalue weighted by atomic mass is 14.7. The van der Waals surface area contributed by atoms with Crippen LogP contribution in [0.3, 0.4) is 0 Å². The molecule has 5 rings (SSSR count). The van der Waals surface area contributed by atoms with Crippen molar-refractivity contribution in [3.63, 3.8) is 0 Å². The molecule has 5 aliphatic carbocycles. The topological polar surface area (TPSA) is 0 Å². The van der Waals surface area contributed by atoms with Crippen molar-refractivity contribution in [3.05, 3.63) is 12.2 Å². The molecule has 0 spiro atoms.